The van der Waals surface area contributed by atoms with E-state index in [1.165, 1.54) is 40.7 Å². The van der Waals surface area contributed by atoms with Crippen molar-refractivity contribution >= 4 is 33.8 Å². The molecule has 2 aromatic heterocycles. The van der Waals surface area contributed by atoms with Crippen molar-refractivity contribution in [1.29, 1.82) is 0 Å². The number of amides is 1. The Bertz CT molecular complexity index is 1000. The van der Waals surface area contributed by atoms with Gasteiger partial charge in [-0.2, -0.15) is 5.10 Å². The fourth-order valence-electron chi connectivity index (χ4n) is 2.10. The number of nitrogens with zero attached hydrogens (tertiary/aromatic N) is 3. The number of benzene rings is 1. The van der Waals surface area contributed by atoms with Crippen LogP contribution in [0, 0.1) is 5.82 Å². The molecule has 26 heavy (non-hydrogen) atoms. The predicted octanol–water partition coefficient (Wildman–Crippen LogP) is 2.30. The Morgan fingerprint density at radius 3 is 3.04 bits per heavy atom. The lowest BCUT2D eigenvalue weighted by molar-refractivity contribution is 0.164. The van der Waals surface area contributed by atoms with Crippen LogP contribution in [0.15, 0.2) is 43.2 Å². The lowest BCUT2D eigenvalue weighted by atomic mass is 10.3. The first kappa shape index (κ1) is 18.2. The minimum atomic E-state index is -0.859. The molecule has 0 saturated carbocycles. The van der Waals surface area contributed by atoms with Gasteiger partial charge in [0.1, 0.15) is 17.5 Å². The molecule has 9 nitrogen and oxygen atoms in total. The Hall–Kier alpha value is -2.60. The van der Waals surface area contributed by atoms with Gasteiger partial charge < -0.3 is 10.5 Å². The smallest absolute Gasteiger partial charge is 0.446 e. The number of H-pyrrole nitrogens is 1. The number of carbonyl (C=O) groups is 1. The second kappa shape index (κ2) is 7.74. The van der Waals surface area contributed by atoms with Crippen LogP contribution in [-0.4, -0.2) is 38.4 Å². The second-order valence-electron chi connectivity index (χ2n) is 4.83. The number of carbonyl (C=O) groups excluding carboxylic acids is 1. The van der Waals surface area contributed by atoms with E-state index in [9.17, 15) is 14.0 Å². The highest BCUT2D eigenvalue weighted by Gasteiger charge is 2.20. The van der Waals surface area contributed by atoms with E-state index in [1.54, 1.807) is 0 Å². The highest BCUT2D eigenvalue weighted by atomic mass is 79.9. The van der Waals surface area contributed by atoms with Crippen LogP contribution in [0.25, 0.3) is 17.1 Å². The molecule has 136 valence electrons. The topological polar surface area (TPSA) is 129 Å². The summed E-state index contributed by atoms with van der Waals surface area (Å²) in [6.07, 6.45) is 0.617. The number of hydrogen-bond donors (Lipinski definition) is 2. The number of nitrogens with two attached hydrogens (primary N) is 1. The molecule has 3 N–H and O–H groups in total. The van der Waals surface area contributed by atoms with E-state index in [4.69, 9.17) is 10.3 Å². The molecule has 0 aliphatic rings. The van der Waals surface area contributed by atoms with Gasteiger partial charge in [0.15, 0.2) is 5.82 Å². The third-order valence-electron chi connectivity index (χ3n) is 3.19. The van der Waals surface area contributed by atoms with Gasteiger partial charge in [0, 0.05) is 5.75 Å². The molecule has 0 radical (unpaired) electrons. The first-order valence-electron chi connectivity index (χ1n) is 7.10. The molecule has 0 atom stereocenters. The van der Waals surface area contributed by atoms with E-state index in [2.05, 4.69) is 36.0 Å². The van der Waals surface area contributed by atoms with Gasteiger partial charge in [0.2, 0.25) is 0 Å². The van der Waals surface area contributed by atoms with Crippen LogP contribution in [0.1, 0.15) is 0 Å². The number of ether oxygens (including phenoxy) is 1. The van der Waals surface area contributed by atoms with E-state index in [0.717, 1.165) is 0 Å². The molecule has 0 unspecified atom stereocenters. The maximum Gasteiger partial charge on any atom is 0.446 e. The SMILES string of the molecule is NC(=O)OCCSc1[nH]ncc1-c1noc(=O)n1-c1ccc(F)c(Br)c1. The largest absolute Gasteiger partial charge is 0.449 e. The summed E-state index contributed by atoms with van der Waals surface area (Å²) in [5.41, 5.74) is 5.77. The van der Waals surface area contributed by atoms with Crippen molar-refractivity contribution in [2.75, 3.05) is 12.4 Å². The molecule has 0 bridgehead atoms. The quantitative estimate of drug-likeness (QED) is 0.441. The molecule has 12 heteroatoms. The van der Waals surface area contributed by atoms with Crippen LogP contribution >= 0.6 is 27.7 Å². The average Bonchev–Trinajstić information content (AvgIpc) is 3.20. The van der Waals surface area contributed by atoms with Crippen LogP contribution in [-0.2, 0) is 4.74 Å². The summed E-state index contributed by atoms with van der Waals surface area (Å²) in [6, 6.07) is 4.08. The molecule has 0 aliphatic heterocycles. The van der Waals surface area contributed by atoms with Crippen molar-refractivity contribution in [3.8, 4) is 17.1 Å². The summed E-state index contributed by atoms with van der Waals surface area (Å²) in [4.78, 5) is 22.7. The molecule has 0 fully saturated rings. The summed E-state index contributed by atoms with van der Waals surface area (Å²) >= 11 is 4.37. The van der Waals surface area contributed by atoms with Gasteiger partial charge in [-0.25, -0.2) is 18.5 Å². The Morgan fingerprint density at radius 1 is 1.50 bits per heavy atom. The lowest BCUT2D eigenvalue weighted by Gasteiger charge is -2.06. The van der Waals surface area contributed by atoms with Gasteiger partial charge in [-0.1, -0.05) is 5.16 Å². The zero-order valence-electron chi connectivity index (χ0n) is 12.9. The fourth-order valence-corrected chi connectivity index (χ4v) is 3.26. The van der Waals surface area contributed by atoms with E-state index in [1.807, 2.05) is 0 Å². The molecule has 1 aromatic carbocycles. The number of aromatic nitrogens is 4. The van der Waals surface area contributed by atoms with Crippen molar-refractivity contribution in [1.82, 2.24) is 19.9 Å². The van der Waals surface area contributed by atoms with E-state index in [0.29, 0.717) is 22.0 Å². The monoisotopic (exact) mass is 443 g/mol. The number of halogens is 2. The molecule has 0 aliphatic carbocycles. The van der Waals surface area contributed by atoms with E-state index < -0.39 is 17.7 Å². The summed E-state index contributed by atoms with van der Waals surface area (Å²) in [7, 11) is 0. The molecule has 3 aromatic rings. The Morgan fingerprint density at radius 2 is 2.31 bits per heavy atom. The summed E-state index contributed by atoms with van der Waals surface area (Å²) in [6.45, 7) is 0.106. The van der Waals surface area contributed by atoms with Gasteiger partial charge in [0.05, 0.1) is 21.9 Å². The van der Waals surface area contributed by atoms with Crippen molar-refractivity contribution in [3.05, 3.63) is 45.2 Å². The highest BCUT2D eigenvalue weighted by molar-refractivity contribution is 9.10. The summed E-state index contributed by atoms with van der Waals surface area (Å²) in [5, 5.41) is 11.1. The molecule has 3 rings (SSSR count). The number of nitrogens with one attached hydrogen (secondary N) is 1. The van der Waals surface area contributed by atoms with Gasteiger partial charge >= 0.3 is 11.8 Å². The molecular weight excluding hydrogens is 433 g/mol. The molecular formula is C14H11BrFN5O4S. The summed E-state index contributed by atoms with van der Waals surface area (Å²) in [5.74, 6) is -0.593. The molecule has 2 heterocycles. The Labute approximate surface area is 157 Å². The van der Waals surface area contributed by atoms with Crippen molar-refractivity contribution in [2.45, 2.75) is 5.03 Å². The maximum absolute atomic E-state index is 13.5. The number of hydrogen-bond acceptors (Lipinski definition) is 7. The first-order chi connectivity index (χ1) is 12.5. The van der Waals surface area contributed by atoms with Gasteiger partial charge in [0.25, 0.3) is 0 Å². The van der Waals surface area contributed by atoms with Gasteiger partial charge in [-0.15, -0.1) is 11.8 Å². The van der Waals surface area contributed by atoms with E-state index >= 15 is 0 Å². The maximum atomic E-state index is 13.5. The van der Waals surface area contributed by atoms with Crippen LogP contribution in [0.5, 0.6) is 0 Å². The normalized spacial score (nSPS) is 10.8. The Balaban J connectivity index is 1.92. The fraction of sp³-hybridized carbons (Fsp3) is 0.143. The molecule has 1 amide bonds. The van der Waals surface area contributed by atoms with Crippen LogP contribution in [0.4, 0.5) is 9.18 Å². The minimum Gasteiger partial charge on any atom is -0.449 e. The highest BCUT2D eigenvalue weighted by Crippen LogP contribution is 2.29. The predicted molar refractivity (Wildman–Crippen MR) is 93.6 cm³/mol. The van der Waals surface area contributed by atoms with E-state index in [-0.39, 0.29) is 16.9 Å². The van der Waals surface area contributed by atoms with Gasteiger partial charge in [-0.05, 0) is 34.1 Å². The number of thioether (sulfide) groups is 1. The van der Waals surface area contributed by atoms with Crippen molar-refractivity contribution in [2.24, 2.45) is 5.73 Å². The third kappa shape index (κ3) is 3.80. The molecule has 0 spiro atoms. The zero-order chi connectivity index (χ0) is 18.7. The Kier molecular flexibility index (Phi) is 5.42. The van der Waals surface area contributed by atoms with Crippen molar-refractivity contribution in [3.63, 3.8) is 0 Å². The van der Waals surface area contributed by atoms with Crippen LogP contribution in [0.2, 0.25) is 0 Å². The standard InChI is InChI=1S/C14H11BrFN5O4S/c15-9-5-7(1-2-10(9)16)21-11(20-25-14(21)23)8-6-18-19-12(8)26-4-3-24-13(17)22/h1-2,5-6H,3-4H2,(H2,17,22)(H,18,19). The zero-order valence-corrected chi connectivity index (χ0v) is 15.3. The number of aromatic amines is 1. The number of primary amides is 1. The van der Waals surface area contributed by atoms with Crippen molar-refractivity contribution < 1.29 is 18.4 Å². The lowest BCUT2D eigenvalue weighted by Crippen LogP contribution is -2.14. The number of rotatable bonds is 6. The van der Waals surface area contributed by atoms with Crippen LogP contribution < -0.4 is 11.5 Å². The average molecular weight is 444 g/mol. The van der Waals surface area contributed by atoms with Crippen LogP contribution in [0.3, 0.4) is 0 Å². The second-order valence-corrected chi connectivity index (χ2v) is 6.79. The minimum absolute atomic E-state index is 0.106. The molecule has 0 saturated heterocycles. The summed E-state index contributed by atoms with van der Waals surface area (Å²) < 4.78 is 24.3. The first-order valence-corrected chi connectivity index (χ1v) is 8.88. The van der Waals surface area contributed by atoms with Gasteiger partial charge in [-0.3, -0.25) is 9.62 Å². The third-order valence-corrected chi connectivity index (χ3v) is 4.76.